The second-order valence-corrected chi connectivity index (χ2v) is 5.60. The molecule has 0 radical (unpaired) electrons. The molecule has 0 spiro atoms. The summed E-state index contributed by atoms with van der Waals surface area (Å²) < 4.78 is 5.50. The molecule has 25 heavy (non-hydrogen) atoms. The van der Waals surface area contributed by atoms with Crippen molar-refractivity contribution in [3.63, 3.8) is 0 Å². The molecule has 0 atom stereocenters. The first-order chi connectivity index (χ1) is 11.9. The molecule has 130 valence electrons. The monoisotopic (exact) mass is 341 g/mol. The zero-order valence-electron chi connectivity index (χ0n) is 14.3. The van der Waals surface area contributed by atoms with Crippen LogP contribution in [0.15, 0.2) is 47.6 Å². The van der Waals surface area contributed by atoms with Crippen LogP contribution in [0.3, 0.4) is 0 Å². The number of carbonyl (C=O) groups is 1. The first-order valence-corrected chi connectivity index (χ1v) is 7.65. The van der Waals surface area contributed by atoms with Gasteiger partial charge in [-0.15, -0.1) is 0 Å². The van der Waals surface area contributed by atoms with Crippen LogP contribution in [0.25, 0.3) is 0 Å². The molecule has 2 rings (SSSR count). The Morgan fingerprint density at radius 3 is 2.72 bits per heavy atom. The number of hydrogen-bond acceptors (Lipinski definition) is 5. The number of aryl methyl sites for hydroxylation is 2. The normalized spacial score (nSPS) is 11.1. The number of non-ortho nitro benzene ring substituents is 1. The lowest BCUT2D eigenvalue weighted by Gasteiger charge is -2.09. The average molecular weight is 341 g/mol. The highest BCUT2D eigenvalue weighted by molar-refractivity contribution is 5.99. The number of hydrogen-bond donors (Lipinski definition) is 1. The van der Waals surface area contributed by atoms with E-state index in [1.165, 1.54) is 12.1 Å². The number of nitro groups is 1. The van der Waals surface area contributed by atoms with Crippen LogP contribution in [0.1, 0.15) is 23.6 Å². The molecule has 0 aromatic heterocycles. The molecule has 0 aliphatic carbocycles. The fraction of sp³-hybridized carbons (Fsp3) is 0.222. The van der Waals surface area contributed by atoms with Crippen LogP contribution in [0.5, 0.6) is 5.75 Å². The van der Waals surface area contributed by atoms with Gasteiger partial charge in [0.2, 0.25) is 0 Å². The first kappa shape index (κ1) is 18.1. The van der Waals surface area contributed by atoms with E-state index in [0.29, 0.717) is 17.0 Å². The lowest BCUT2D eigenvalue weighted by molar-refractivity contribution is -0.384. The van der Waals surface area contributed by atoms with Crippen LogP contribution in [0.2, 0.25) is 0 Å². The minimum absolute atomic E-state index is 0.0309. The van der Waals surface area contributed by atoms with Gasteiger partial charge in [0.05, 0.1) is 10.6 Å². The molecule has 7 nitrogen and oxygen atoms in total. The Labute approximate surface area is 145 Å². The van der Waals surface area contributed by atoms with Gasteiger partial charge in [-0.1, -0.05) is 24.3 Å². The summed E-state index contributed by atoms with van der Waals surface area (Å²) in [6, 6.07) is 11.8. The molecule has 7 heteroatoms. The number of amides is 1. The number of nitrogens with zero attached hydrogens (tertiary/aromatic N) is 2. The number of nitrogens with one attached hydrogen (secondary N) is 1. The van der Waals surface area contributed by atoms with Crippen molar-refractivity contribution < 1.29 is 14.5 Å². The Morgan fingerprint density at radius 2 is 2.00 bits per heavy atom. The van der Waals surface area contributed by atoms with E-state index in [4.69, 9.17) is 4.74 Å². The molecule has 0 unspecified atom stereocenters. The van der Waals surface area contributed by atoms with Crippen molar-refractivity contribution >= 4 is 17.3 Å². The fourth-order valence-corrected chi connectivity index (χ4v) is 2.09. The molecule has 0 saturated carbocycles. The number of hydrazone groups is 1. The topological polar surface area (TPSA) is 93.8 Å². The molecule has 2 aromatic carbocycles. The van der Waals surface area contributed by atoms with E-state index in [1.807, 2.05) is 32.0 Å². The Hall–Kier alpha value is -3.22. The van der Waals surface area contributed by atoms with Crippen molar-refractivity contribution in [2.24, 2.45) is 5.10 Å². The van der Waals surface area contributed by atoms with Gasteiger partial charge in [-0.3, -0.25) is 14.9 Å². The summed E-state index contributed by atoms with van der Waals surface area (Å²) >= 11 is 0. The fourth-order valence-electron chi connectivity index (χ4n) is 2.09. The third-order valence-corrected chi connectivity index (χ3v) is 3.53. The van der Waals surface area contributed by atoms with E-state index >= 15 is 0 Å². The summed E-state index contributed by atoms with van der Waals surface area (Å²) in [7, 11) is 0. The number of carbonyl (C=O) groups excluding carboxylic acids is 1. The minimum Gasteiger partial charge on any atom is -0.483 e. The summed E-state index contributed by atoms with van der Waals surface area (Å²) in [5.41, 5.74) is 5.36. The molecule has 0 fully saturated rings. The Kier molecular flexibility index (Phi) is 5.84. The van der Waals surface area contributed by atoms with Gasteiger partial charge in [0.15, 0.2) is 6.61 Å². The number of benzene rings is 2. The summed E-state index contributed by atoms with van der Waals surface area (Å²) in [5, 5.41) is 14.8. The summed E-state index contributed by atoms with van der Waals surface area (Å²) in [6.07, 6.45) is 0. The van der Waals surface area contributed by atoms with E-state index in [-0.39, 0.29) is 12.3 Å². The molecule has 0 aliphatic rings. The van der Waals surface area contributed by atoms with Crippen molar-refractivity contribution in [1.82, 2.24) is 5.43 Å². The van der Waals surface area contributed by atoms with Crippen molar-refractivity contribution in [3.05, 3.63) is 69.3 Å². The number of nitro benzene ring substituents is 1. The van der Waals surface area contributed by atoms with Gasteiger partial charge in [0.25, 0.3) is 11.6 Å². The average Bonchev–Trinajstić information content (AvgIpc) is 2.60. The van der Waals surface area contributed by atoms with Gasteiger partial charge in [-0.25, -0.2) is 5.43 Å². The largest absolute Gasteiger partial charge is 0.483 e. The highest BCUT2D eigenvalue weighted by Crippen LogP contribution is 2.18. The lowest BCUT2D eigenvalue weighted by Crippen LogP contribution is -2.25. The Morgan fingerprint density at radius 1 is 1.24 bits per heavy atom. The van der Waals surface area contributed by atoms with E-state index in [2.05, 4.69) is 10.5 Å². The van der Waals surface area contributed by atoms with E-state index < -0.39 is 10.8 Å². The number of ether oxygens (including phenoxy) is 1. The maximum atomic E-state index is 11.9. The lowest BCUT2D eigenvalue weighted by atomic mass is 10.1. The molecule has 0 saturated heterocycles. The smallest absolute Gasteiger partial charge is 0.277 e. The van der Waals surface area contributed by atoms with E-state index in [9.17, 15) is 14.9 Å². The molecule has 0 heterocycles. The van der Waals surface area contributed by atoms with Crippen LogP contribution in [0.4, 0.5) is 5.69 Å². The number of rotatable bonds is 6. The minimum atomic E-state index is -0.479. The van der Waals surface area contributed by atoms with Crippen LogP contribution < -0.4 is 10.2 Å². The predicted molar refractivity (Wildman–Crippen MR) is 94.9 cm³/mol. The predicted octanol–water partition coefficient (Wildman–Crippen LogP) is 3.13. The van der Waals surface area contributed by atoms with Gasteiger partial charge >= 0.3 is 0 Å². The first-order valence-electron chi connectivity index (χ1n) is 7.65. The molecule has 0 bridgehead atoms. The molecule has 1 amide bonds. The van der Waals surface area contributed by atoms with Crippen LogP contribution >= 0.6 is 0 Å². The highest BCUT2D eigenvalue weighted by Gasteiger charge is 2.08. The van der Waals surface area contributed by atoms with Crippen molar-refractivity contribution in [2.45, 2.75) is 20.8 Å². The van der Waals surface area contributed by atoms with E-state index in [0.717, 1.165) is 11.1 Å². The third-order valence-electron chi connectivity index (χ3n) is 3.53. The molecule has 0 aliphatic heterocycles. The maximum Gasteiger partial charge on any atom is 0.277 e. The van der Waals surface area contributed by atoms with E-state index in [1.54, 1.807) is 19.1 Å². The Bertz CT molecular complexity index is 831. The van der Waals surface area contributed by atoms with Crippen molar-refractivity contribution in [3.8, 4) is 5.75 Å². The standard InChI is InChI=1S/C18H19N3O4/c1-12-7-8-13(2)17(9-12)25-11-18(22)20-19-14(3)15-5-4-6-16(10-15)21(23)24/h4-10H,11H2,1-3H3,(H,20,22)/b19-14+. The zero-order chi connectivity index (χ0) is 18.4. The highest BCUT2D eigenvalue weighted by atomic mass is 16.6. The van der Waals surface area contributed by atoms with Crippen molar-refractivity contribution in [2.75, 3.05) is 6.61 Å². The van der Waals surface area contributed by atoms with Crippen LogP contribution in [-0.4, -0.2) is 23.1 Å². The van der Waals surface area contributed by atoms with Gasteiger partial charge in [-0.2, -0.15) is 5.10 Å². The second kappa shape index (κ2) is 8.05. The maximum absolute atomic E-state index is 11.9. The van der Waals surface area contributed by atoms with Crippen LogP contribution in [-0.2, 0) is 4.79 Å². The van der Waals surface area contributed by atoms with Crippen LogP contribution in [0, 0.1) is 24.0 Å². The van der Waals surface area contributed by atoms with Gasteiger partial charge in [-0.05, 0) is 38.0 Å². The molecular formula is C18H19N3O4. The molecule has 2 aromatic rings. The molecular weight excluding hydrogens is 322 g/mol. The van der Waals surface area contributed by atoms with Gasteiger partial charge in [0.1, 0.15) is 5.75 Å². The second-order valence-electron chi connectivity index (χ2n) is 5.60. The third kappa shape index (κ3) is 5.13. The quantitative estimate of drug-likeness (QED) is 0.496. The van der Waals surface area contributed by atoms with Gasteiger partial charge < -0.3 is 4.74 Å². The summed E-state index contributed by atoms with van der Waals surface area (Å²) in [5.74, 6) is 0.236. The zero-order valence-corrected chi connectivity index (χ0v) is 14.3. The summed E-state index contributed by atoms with van der Waals surface area (Å²) in [4.78, 5) is 22.2. The van der Waals surface area contributed by atoms with Crippen molar-refractivity contribution in [1.29, 1.82) is 0 Å². The molecule has 1 N–H and O–H groups in total. The SMILES string of the molecule is C/C(=N\NC(=O)COc1cc(C)ccc1C)c1cccc([N+](=O)[O-])c1. The van der Waals surface area contributed by atoms with Gasteiger partial charge in [0, 0.05) is 17.7 Å². The Balaban J connectivity index is 1.96. The summed E-state index contributed by atoms with van der Waals surface area (Å²) in [6.45, 7) is 5.33.